The first kappa shape index (κ1) is 13.5. The van der Waals surface area contributed by atoms with E-state index < -0.39 is 4.92 Å². The van der Waals surface area contributed by atoms with E-state index in [9.17, 15) is 14.9 Å². The third-order valence-corrected chi connectivity index (χ3v) is 5.70. The molecule has 0 unspecified atom stereocenters. The molecule has 1 N–H and O–H groups in total. The molecule has 3 aliphatic carbocycles. The quantitative estimate of drug-likeness (QED) is 0.685. The smallest absolute Gasteiger partial charge is 0.296 e. The monoisotopic (exact) mass is 302 g/mol. The van der Waals surface area contributed by atoms with Gasteiger partial charge in [-0.15, -0.1) is 0 Å². The molecule has 0 heterocycles. The zero-order valence-electron chi connectivity index (χ0n) is 12.3. The van der Waals surface area contributed by atoms with Crippen molar-refractivity contribution in [2.75, 3.05) is 12.4 Å². The molecule has 3 saturated carbocycles. The van der Waals surface area contributed by atoms with Crippen molar-refractivity contribution in [1.82, 2.24) is 0 Å². The van der Waals surface area contributed by atoms with Gasteiger partial charge in [-0.05, 0) is 55.1 Å². The average molecular weight is 302 g/mol. The highest BCUT2D eigenvalue weighted by molar-refractivity contribution is 5.97. The van der Waals surface area contributed by atoms with Crippen LogP contribution in [-0.2, 0) is 4.79 Å². The van der Waals surface area contributed by atoms with Gasteiger partial charge in [-0.25, -0.2) is 0 Å². The van der Waals surface area contributed by atoms with E-state index in [2.05, 4.69) is 5.32 Å². The molecule has 4 atom stereocenters. The Morgan fingerprint density at radius 2 is 2.00 bits per heavy atom. The fourth-order valence-electron chi connectivity index (χ4n) is 4.79. The summed E-state index contributed by atoms with van der Waals surface area (Å²) in [6.07, 6.45) is 3.78. The van der Waals surface area contributed by atoms with Crippen LogP contribution in [0.2, 0.25) is 0 Å². The lowest BCUT2D eigenvalue weighted by Crippen LogP contribution is -2.19. The Bertz CT molecular complexity index is 644. The summed E-state index contributed by atoms with van der Waals surface area (Å²) < 4.78 is 5.00. The van der Waals surface area contributed by atoms with Gasteiger partial charge in [0.15, 0.2) is 0 Å². The minimum atomic E-state index is -0.491. The van der Waals surface area contributed by atoms with Crippen LogP contribution in [0.25, 0.3) is 0 Å². The molecule has 0 saturated heterocycles. The molecule has 1 aromatic carbocycles. The van der Waals surface area contributed by atoms with Gasteiger partial charge in [0.2, 0.25) is 5.91 Å². The van der Waals surface area contributed by atoms with Gasteiger partial charge in [-0.3, -0.25) is 14.9 Å². The molecule has 6 heteroatoms. The maximum atomic E-state index is 12.5. The maximum absolute atomic E-state index is 12.5. The highest BCUT2D eigenvalue weighted by Crippen LogP contribution is 2.69. The molecule has 1 amide bonds. The summed E-state index contributed by atoms with van der Waals surface area (Å²) in [6, 6.07) is 4.51. The number of hydrogen-bond donors (Lipinski definition) is 1. The average Bonchev–Trinajstić information content (AvgIpc) is 2.96. The second kappa shape index (κ2) is 4.69. The highest BCUT2D eigenvalue weighted by atomic mass is 16.6. The number of anilines is 1. The Morgan fingerprint density at radius 3 is 2.59 bits per heavy atom. The van der Waals surface area contributed by atoms with Crippen LogP contribution >= 0.6 is 0 Å². The number of nitro groups is 1. The van der Waals surface area contributed by atoms with Gasteiger partial charge in [0, 0.05) is 5.92 Å². The van der Waals surface area contributed by atoms with Crippen LogP contribution in [-0.4, -0.2) is 17.9 Å². The first-order valence-corrected chi connectivity index (χ1v) is 7.73. The third-order valence-electron chi connectivity index (χ3n) is 5.70. The molecule has 0 aromatic heterocycles. The van der Waals surface area contributed by atoms with E-state index in [0.717, 1.165) is 0 Å². The van der Waals surface area contributed by atoms with E-state index in [-0.39, 0.29) is 23.2 Å². The van der Waals surface area contributed by atoms with Crippen LogP contribution in [0.1, 0.15) is 19.3 Å². The van der Waals surface area contributed by atoms with Crippen molar-refractivity contribution in [3.63, 3.8) is 0 Å². The lowest BCUT2D eigenvalue weighted by atomic mass is 10.0. The Labute approximate surface area is 128 Å². The normalized spacial score (nSPS) is 34.1. The molecule has 0 spiro atoms. The third kappa shape index (κ3) is 1.90. The predicted molar refractivity (Wildman–Crippen MR) is 79.6 cm³/mol. The molecule has 1 aromatic rings. The number of nitro benzene ring substituents is 1. The predicted octanol–water partition coefficient (Wildman–Crippen LogP) is 2.83. The van der Waals surface area contributed by atoms with Crippen LogP contribution in [0.3, 0.4) is 0 Å². The van der Waals surface area contributed by atoms with Crippen molar-refractivity contribution in [2.45, 2.75) is 19.3 Å². The van der Waals surface area contributed by atoms with Crippen LogP contribution in [0, 0.1) is 39.7 Å². The second-order valence-corrected chi connectivity index (χ2v) is 6.64. The van der Waals surface area contributed by atoms with Crippen LogP contribution < -0.4 is 10.1 Å². The van der Waals surface area contributed by atoms with E-state index in [1.54, 1.807) is 12.1 Å². The van der Waals surface area contributed by atoms with Crippen LogP contribution in [0.5, 0.6) is 5.75 Å². The van der Waals surface area contributed by atoms with Crippen LogP contribution in [0.15, 0.2) is 18.2 Å². The van der Waals surface area contributed by atoms with E-state index >= 15 is 0 Å². The van der Waals surface area contributed by atoms with Gasteiger partial charge < -0.3 is 10.1 Å². The number of amides is 1. The second-order valence-electron chi connectivity index (χ2n) is 6.64. The Morgan fingerprint density at radius 1 is 1.32 bits per heavy atom. The number of ether oxygens (including phenoxy) is 1. The molecule has 2 bridgehead atoms. The Balaban J connectivity index is 1.52. The molecule has 116 valence electrons. The number of nitrogens with one attached hydrogen (secondary N) is 1. The molecule has 4 rings (SSSR count). The lowest BCUT2D eigenvalue weighted by Gasteiger charge is -2.10. The first-order chi connectivity index (χ1) is 10.6. The fourth-order valence-corrected chi connectivity index (χ4v) is 4.79. The van der Waals surface area contributed by atoms with Gasteiger partial charge in [-0.1, -0.05) is 0 Å². The van der Waals surface area contributed by atoms with Gasteiger partial charge in [-0.2, -0.15) is 0 Å². The summed E-state index contributed by atoms with van der Waals surface area (Å²) in [5.41, 5.74) is 0.134. The maximum Gasteiger partial charge on any atom is 0.296 e. The van der Waals surface area contributed by atoms with E-state index in [4.69, 9.17) is 4.74 Å². The summed E-state index contributed by atoms with van der Waals surface area (Å²) in [5.74, 6) is 2.87. The van der Waals surface area contributed by atoms with Crippen molar-refractivity contribution in [3.05, 3.63) is 28.3 Å². The Hall–Kier alpha value is -2.11. The highest BCUT2D eigenvalue weighted by Gasteiger charge is 2.67. The van der Waals surface area contributed by atoms with Crippen molar-refractivity contribution in [1.29, 1.82) is 0 Å². The molecule has 3 fully saturated rings. The number of carbonyl (C=O) groups excluding carboxylic acids is 1. The standard InChI is InChI=1S/C16H18N2O4/c1-22-10-4-5-11(12(7-10)18(20)21)17-16(19)15-13-8-2-3-9(6-8)14(13)15/h4-5,7-9,13-15H,2-3,6H2,1H3,(H,17,19)/t8-,9-,13-,14-/m0/s1. The van der Waals surface area contributed by atoms with Crippen LogP contribution in [0.4, 0.5) is 11.4 Å². The van der Waals surface area contributed by atoms with Gasteiger partial charge in [0.05, 0.1) is 18.1 Å². The molecular weight excluding hydrogens is 284 g/mol. The van der Waals surface area contributed by atoms with Gasteiger partial charge in [0.25, 0.3) is 5.69 Å². The van der Waals surface area contributed by atoms with Gasteiger partial charge in [0.1, 0.15) is 11.4 Å². The minimum absolute atomic E-state index is 0.0557. The fraction of sp³-hybridized carbons (Fsp3) is 0.562. The first-order valence-electron chi connectivity index (χ1n) is 7.73. The SMILES string of the molecule is COc1ccc(NC(=O)C2[C@H]3[C@H]4CC[C@@H](C4)[C@H]23)c([N+](=O)[O-])c1. The number of methoxy groups -OCH3 is 1. The summed E-state index contributed by atoms with van der Waals surface area (Å²) in [7, 11) is 1.46. The van der Waals surface area contributed by atoms with Crippen molar-refractivity contribution >= 4 is 17.3 Å². The lowest BCUT2D eigenvalue weighted by molar-refractivity contribution is -0.384. The number of rotatable bonds is 4. The topological polar surface area (TPSA) is 81.5 Å². The van der Waals surface area contributed by atoms with E-state index in [1.807, 2.05) is 0 Å². The van der Waals surface area contributed by atoms with Gasteiger partial charge >= 0.3 is 0 Å². The Kier molecular flexibility index (Phi) is 2.89. The molecule has 3 aliphatic rings. The minimum Gasteiger partial charge on any atom is -0.496 e. The van der Waals surface area contributed by atoms with Crippen molar-refractivity contribution < 1.29 is 14.5 Å². The largest absolute Gasteiger partial charge is 0.496 e. The number of benzene rings is 1. The number of nitrogens with zero attached hydrogens (tertiary/aromatic N) is 1. The number of carbonyl (C=O) groups is 1. The summed E-state index contributed by atoms with van der Waals surface area (Å²) in [5, 5.41) is 13.9. The summed E-state index contributed by atoms with van der Waals surface area (Å²) in [6.45, 7) is 0. The molecule has 6 nitrogen and oxygen atoms in total. The molecule has 0 radical (unpaired) electrons. The molecule has 22 heavy (non-hydrogen) atoms. The summed E-state index contributed by atoms with van der Waals surface area (Å²) >= 11 is 0. The van der Waals surface area contributed by atoms with Crippen molar-refractivity contribution in [2.24, 2.45) is 29.6 Å². The zero-order valence-corrected chi connectivity index (χ0v) is 12.3. The van der Waals surface area contributed by atoms with E-state index in [1.165, 1.54) is 32.4 Å². The number of hydrogen-bond acceptors (Lipinski definition) is 4. The van der Waals surface area contributed by atoms with Crippen molar-refractivity contribution in [3.8, 4) is 5.75 Å². The molecule has 0 aliphatic heterocycles. The van der Waals surface area contributed by atoms with E-state index in [0.29, 0.717) is 29.4 Å². The summed E-state index contributed by atoms with van der Waals surface area (Å²) in [4.78, 5) is 23.1. The zero-order chi connectivity index (χ0) is 15.4. The number of fused-ring (bicyclic) bond motifs is 5. The molecular formula is C16H18N2O4.